The van der Waals surface area contributed by atoms with Gasteiger partial charge in [-0.15, -0.1) is 0 Å². The molecule has 0 unspecified atom stereocenters. The summed E-state index contributed by atoms with van der Waals surface area (Å²) in [5.41, 5.74) is 5.37. The Hall–Kier alpha value is -1.61. The Labute approximate surface area is 137 Å². The first-order valence-electron chi connectivity index (χ1n) is 8.54. The van der Waals surface area contributed by atoms with E-state index < -0.39 is 0 Å². The molecule has 0 radical (unpaired) electrons. The Morgan fingerprint density at radius 2 is 2.04 bits per heavy atom. The maximum Gasteiger partial charge on any atom is 0.167 e. The summed E-state index contributed by atoms with van der Waals surface area (Å²) in [5, 5.41) is 20.6. The van der Waals surface area contributed by atoms with Gasteiger partial charge in [-0.05, 0) is 60.3 Å². The third kappa shape index (κ3) is 1.66. The molecule has 0 spiro atoms. The third-order valence-electron chi connectivity index (χ3n) is 6.68. The molecule has 0 aromatic heterocycles. The summed E-state index contributed by atoms with van der Waals surface area (Å²) < 4.78 is 0. The van der Waals surface area contributed by atoms with Crippen LogP contribution in [0.5, 0.6) is 5.75 Å². The molecular weight excluding hydrogens is 288 g/mol. The molecule has 4 rings (SSSR count). The van der Waals surface area contributed by atoms with Crippen molar-refractivity contribution in [2.45, 2.75) is 46.0 Å². The quantitative estimate of drug-likeness (QED) is 0.833. The highest BCUT2D eigenvalue weighted by Gasteiger charge is 2.63. The fraction of sp³-hybridized carbons (Fsp3) is 0.550. The monoisotopic (exact) mass is 312 g/mol. The van der Waals surface area contributed by atoms with Gasteiger partial charge in [-0.25, -0.2) is 0 Å². The van der Waals surface area contributed by atoms with E-state index in [0.717, 1.165) is 40.7 Å². The van der Waals surface area contributed by atoms with Crippen LogP contribution in [0.1, 0.15) is 65.2 Å². The second kappa shape index (κ2) is 4.47. The zero-order valence-electron chi connectivity index (χ0n) is 14.1. The molecule has 3 nitrogen and oxygen atoms in total. The van der Waals surface area contributed by atoms with Gasteiger partial charge in [-0.3, -0.25) is 4.79 Å². The highest BCUT2D eigenvalue weighted by atomic mass is 16.3. The summed E-state index contributed by atoms with van der Waals surface area (Å²) >= 11 is 0. The zero-order chi connectivity index (χ0) is 16.7. The lowest BCUT2D eigenvalue weighted by atomic mass is 9.83. The molecular formula is C20H24O3. The Balaban J connectivity index is 2.04. The Bertz CT molecular complexity index is 761. The molecule has 0 saturated heterocycles. The summed E-state index contributed by atoms with van der Waals surface area (Å²) in [6, 6.07) is 0. The Kier molecular flexibility index (Phi) is 2.91. The normalized spacial score (nSPS) is 34.7. The minimum absolute atomic E-state index is 0.0721. The number of aliphatic hydroxyl groups is 1. The van der Waals surface area contributed by atoms with Gasteiger partial charge >= 0.3 is 0 Å². The number of hydrogen-bond donors (Lipinski definition) is 2. The first kappa shape index (κ1) is 14.9. The van der Waals surface area contributed by atoms with Gasteiger partial charge in [0.15, 0.2) is 5.78 Å². The fourth-order valence-corrected chi connectivity index (χ4v) is 5.18. The van der Waals surface area contributed by atoms with Gasteiger partial charge in [-0.2, -0.15) is 0 Å². The number of benzene rings is 1. The molecule has 0 bridgehead atoms. The molecule has 122 valence electrons. The summed E-state index contributed by atoms with van der Waals surface area (Å²) in [4.78, 5) is 12.7. The smallest absolute Gasteiger partial charge is 0.167 e. The molecule has 0 heterocycles. The highest BCUT2D eigenvalue weighted by molar-refractivity contribution is 6.07. The minimum atomic E-state index is -0.131. The molecule has 3 aliphatic rings. The predicted molar refractivity (Wildman–Crippen MR) is 89.7 cm³/mol. The molecule has 1 saturated carbocycles. The van der Waals surface area contributed by atoms with Crippen molar-refractivity contribution in [2.75, 3.05) is 6.61 Å². The Morgan fingerprint density at radius 3 is 2.70 bits per heavy atom. The van der Waals surface area contributed by atoms with E-state index in [0.29, 0.717) is 17.9 Å². The van der Waals surface area contributed by atoms with Gasteiger partial charge in [0.2, 0.25) is 0 Å². The largest absolute Gasteiger partial charge is 0.507 e. The standard InChI is InChI=1S/C20H24O3/c1-9-5-6-13-17(20(13,4)8-21)15-11(3)19(23)12-7-10(2)18(22)16(12)14(9)15/h10,13,17,21,23H,1,5-8H2,2-4H3/t10-,13-,17-,20+/m0/s1. The minimum Gasteiger partial charge on any atom is -0.507 e. The van der Waals surface area contributed by atoms with Crippen LogP contribution in [0.2, 0.25) is 0 Å². The first-order valence-corrected chi connectivity index (χ1v) is 8.54. The second-order valence-corrected chi connectivity index (χ2v) is 7.98. The number of carbonyl (C=O) groups excluding carboxylic acids is 1. The van der Waals surface area contributed by atoms with Crippen LogP contribution in [0, 0.1) is 24.2 Å². The maximum absolute atomic E-state index is 12.7. The van der Waals surface area contributed by atoms with Crippen LogP contribution in [0.15, 0.2) is 6.58 Å². The van der Waals surface area contributed by atoms with Crippen molar-refractivity contribution in [1.82, 2.24) is 0 Å². The van der Waals surface area contributed by atoms with Crippen LogP contribution in [0.25, 0.3) is 5.57 Å². The number of allylic oxidation sites excluding steroid dienone is 1. The van der Waals surface area contributed by atoms with Crippen molar-refractivity contribution in [1.29, 1.82) is 0 Å². The van der Waals surface area contributed by atoms with Crippen molar-refractivity contribution in [3.63, 3.8) is 0 Å². The van der Waals surface area contributed by atoms with Crippen molar-refractivity contribution >= 4 is 11.4 Å². The number of fused-ring (bicyclic) bond motifs is 5. The molecule has 1 fully saturated rings. The number of carbonyl (C=O) groups is 1. The van der Waals surface area contributed by atoms with E-state index in [1.165, 1.54) is 0 Å². The molecule has 0 aliphatic heterocycles. The fourth-order valence-electron chi connectivity index (χ4n) is 5.18. The van der Waals surface area contributed by atoms with Crippen LogP contribution in [0.4, 0.5) is 0 Å². The highest BCUT2D eigenvalue weighted by Crippen LogP contribution is 2.70. The number of ketones is 1. The number of aliphatic hydroxyl groups excluding tert-OH is 1. The van der Waals surface area contributed by atoms with E-state index >= 15 is 0 Å². The topological polar surface area (TPSA) is 57.5 Å². The van der Waals surface area contributed by atoms with Crippen LogP contribution >= 0.6 is 0 Å². The number of Topliss-reactive ketones (excluding diaryl/α,β-unsaturated/α-hetero) is 1. The zero-order valence-corrected chi connectivity index (χ0v) is 14.1. The number of aromatic hydroxyl groups is 1. The molecule has 2 N–H and O–H groups in total. The van der Waals surface area contributed by atoms with Gasteiger partial charge in [-0.1, -0.05) is 20.4 Å². The third-order valence-corrected chi connectivity index (χ3v) is 6.68. The molecule has 1 aromatic carbocycles. The lowest BCUT2D eigenvalue weighted by Gasteiger charge is -2.21. The van der Waals surface area contributed by atoms with Gasteiger partial charge < -0.3 is 10.2 Å². The lowest BCUT2D eigenvalue weighted by molar-refractivity contribution is 0.0946. The summed E-state index contributed by atoms with van der Waals surface area (Å²) in [7, 11) is 0. The van der Waals surface area contributed by atoms with Crippen molar-refractivity contribution in [3.8, 4) is 5.75 Å². The van der Waals surface area contributed by atoms with Crippen molar-refractivity contribution in [3.05, 3.63) is 34.4 Å². The van der Waals surface area contributed by atoms with Crippen LogP contribution < -0.4 is 0 Å². The lowest BCUT2D eigenvalue weighted by Crippen LogP contribution is -2.12. The van der Waals surface area contributed by atoms with Crippen LogP contribution in [-0.4, -0.2) is 22.6 Å². The van der Waals surface area contributed by atoms with E-state index in [1.807, 2.05) is 13.8 Å². The van der Waals surface area contributed by atoms with Gasteiger partial charge in [0.25, 0.3) is 0 Å². The number of rotatable bonds is 1. The van der Waals surface area contributed by atoms with Crippen LogP contribution in [-0.2, 0) is 6.42 Å². The number of hydrogen-bond acceptors (Lipinski definition) is 3. The SMILES string of the molecule is C=C1CC[C@H]2[C@@H](c3c(C)c(O)c4c(c31)C(=O)[C@@H](C)C4)[C@]2(C)CO. The summed E-state index contributed by atoms with van der Waals surface area (Å²) in [6.07, 6.45) is 2.47. The number of phenolic OH excluding ortho intramolecular Hbond substituents is 1. The molecule has 1 aromatic rings. The average Bonchev–Trinajstić information content (AvgIpc) is 3.05. The molecule has 3 aliphatic carbocycles. The van der Waals surface area contributed by atoms with E-state index in [4.69, 9.17) is 0 Å². The Morgan fingerprint density at radius 1 is 1.35 bits per heavy atom. The van der Waals surface area contributed by atoms with Gasteiger partial charge in [0.05, 0.1) is 0 Å². The van der Waals surface area contributed by atoms with Crippen LogP contribution in [0.3, 0.4) is 0 Å². The number of phenols is 1. The molecule has 3 heteroatoms. The summed E-state index contributed by atoms with van der Waals surface area (Å²) in [6.45, 7) is 10.4. The predicted octanol–water partition coefficient (Wildman–Crippen LogP) is 3.59. The molecule has 4 atom stereocenters. The summed E-state index contributed by atoms with van der Waals surface area (Å²) in [5.74, 6) is 0.990. The maximum atomic E-state index is 12.7. The van der Waals surface area contributed by atoms with E-state index in [9.17, 15) is 15.0 Å². The second-order valence-electron chi connectivity index (χ2n) is 7.98. The van der Waals surface area contributed by atoms with Crippen molar-refractivity contribution in [2.24, 2.45) is 17.3 Å². The van der Waals surface area contributed by atoms with Crippen molar-refractivity contribution < 1.29 is 15.0 Å². The molecule has 0 amide bonds. The molecule has 23 heavy (non-hydrogen) atoms. The van der Waals surface area contributed by atoms with Gasteiger partial charge in [0.1, 0.15) is 5.75 Å². The average molecular weight is 312 g/mol. The van der Waals surface area contributed by atoms with E-state index in [2.05, 4.69) is 13.5 Å². The van der Waals surface area contributed by atoms with E-state index in [-0.39, 0.29) is 35.4 Å². The first-order chi connectivity index (χ1) is 10.8. The van der Waals surface area contributed by atoms with E-state index in [1.54, 1.807) is 0 Å². The van der Waals surface area contributed by atoms with Gasteiger partial charge in [0, 0.05) is 29.1 Å².